The van der Waals surface area contributed by atoms with Crippen LogP contribution in [0.2, 0.25) is 0 Å². The smallest absolute Gasteiger partial charge is 0.496 e. The Hall–Kier alpha value is -1.18. The third kappa shape index (κ3) is 4.59. The molecule has 1 rings (SSSR count). The highest BCUT2D eigenvalue weighted by molar-refractivity contribution is 5.85. The topological polar surface area (TPSA) is 64.7 Å². The summed E-state index contributed by atoms with van der Waals surface area (Å²) in [4.78, 5) is 0. The zero-order valence-electron chi connectivity index (χ0n) is 9.40. The van der Waals surface area contributed by atoms with Crippen LogP contribution in [0, 0.1) is 0 Å². The molecule has 0 amide bonds. The third-order valence-corrected chi connectivity index (χ3v) is 2.03. The molecule has 0 radical (unpaired) electrons. The van der Waals surface area contributed by atoms with Gasteiger partial charge in [-0.2, -0.15) is 0 Å². The maximum atomic E-state index is 12.0. The number of benzene rings is 1. The molecule has 0 aliphatic rings. The molecule has 4 nitrogen and oxygen atoms in total. The molecule has 0 spiro atoms. The summed E-state index contributed by atoms with van der Waals surface area (Å²) in [5, 5.41) is 8.89. The Balaban J connectivity index is 0.00000289. The van der Waals surface area contributed by atoms with Crippen LogP contribution in [0.5, 0.6) is 11.5 Å². The fourth-order valence-electron chi connectivity index (χ4n) is 1.30. The normalized spacial score (nSPS) is 12.6. The quantitative estimate of drug-likeness (QED) is 0.889. The van der Waals surface area contributed by atoms with Crippen LogP contribution in [0.15, 0.2) is 18.2 Å². The van der Waals surface area contributed by atoms with Gasteiger partial charge in [-0.05, 0) is 18.2 Å². The lowest BCUT2D eigenvalue weighted by atomic mass is 10.1. The van der Waals surface area contributed by atoms with Crippen molar-refractivity contribution in [3.05, 3.63) is 23.8 Å². The Morgan fingerprint density at radius 1 is 1.39 bits per heavy atom. The van der Waals surface area contributed by atoms with Crippen LogP contribution < -0.4 is 15.2 Å². The Morgan fingerprint density at radius 2 is 2.00 bits per heavy atom. The van der Waals surface area contributed by atoms with E-state index in [0.717, 1.165) is 12.1 Å². The van der Waals surface area contributed by atoms with Gasteiger partial charge in [0.05, 0.1) is 19.8 Å². The van der Waals surface area contributed by atoms with E-state index in [2.05, 4.69) is 4.74 Å². The Bertz CT molecular complexity index is 387. The van der Waals surface area contributed by atoms with Crippen molar-refractivity contribution in [1.82, 2.24) is 0 Å². The van der Waals surface area contributed by atoms with Crippen LogP contribution in [0.3, 0.4) is 0 Å². The van der Waals surface area contributed by atoms with Crippen LogP contribution in [0.25, 0.3) is 0 Å². The number of alkyl halides is 3. The first kappa shape index (κ1) is 16.8. The van der Waals surface area contributed by atoms with Crippen molar-refractivity contribution in [2.75, 3.05) is 13.7 Å². The van der Waals surface area contributed by atoms with E-state index in [1.54, 1.807) is 0 Å². The summed E-state index contributed by atoms with van der Waals surface area (Å²) < 4.78 is 44.7. The van der Waals surface area contributed by atoms with Gasteiger partial charge in [-0.25, -0.2) is 0 Å². The van der Waals surface area contributed by atoms with Gasteiger partial charge in [0.2, 0.25) is 0 Å². The fourth-order valence-corrected chi connectivity index (χ4v) is 1.30. The maximum absolute atomic E-state index is 12.0. The van der Waals surface area contributed by atoms with E-state index < -0.39 is 24.8 Å². The molecule has 0 saturated heterocycles. The SMILES string of the molecule is COc1ccc(OC(F)(F)F)cc1[C@@H](N)CO.Cl. The van der Waals surface area contributed by atoms with Gasteiger partial charge in [0.1, 0.15) is 11.5 Å². The number of hydrogen-bond donors (Lipinski definition) is 2. The van der Waals surface area contributed by atoms with Crippen LogP contribution >= 0.6 is 12.4 Å². The minimum Gasteiger partial charge on any atom is -0.496 e. The van der Waals surface area contributed by atoms with E-state index in [0.29, 0.717) is 5.75 Å². The number of rotatable bonds is 4. The van der Waals surface area contributed by atoms with Crippen molar-refractivity contribution in [3.63, 3.8) is 0 Å². The summed E-state index contributed by atoms with van der Waals surface area (Å²) in [6.07, 6.45) is -4.77. The molecule has 0 bridgehead atoms. The number of aliphatic hydroxyl groups excluding tert-OH is 1. The van der Waals surface area contributed by atoms with Crippen molar-refractivity contribution in [2.24, 2.45) is 5.73 Å². The molecule has 0 saturated carbocycles. The first-order valence-electron chi connectivity index (χ1n) is 4.67. The zero-order valence-corrected chi connectivity index (χ0v) is 10.2. The number of methoxy groups -OCH3 is 1. The molecule has 0 aromatic heterocycles. The highest BCUT2D eigenvalue weighted by Gasteiger charge is 2.31. The van der Waals surface area contributed by atoms with Crippen LogP contribution in [0.1, 0.15) is 11.6 Å². The monoisotopic (exact) mass is 287 g/mol. The minimum atomic E-state index is -4.77. The summed E-state index contributed by atoms with van der Waals surface area (Å²) in [6, 6.07) is 2.67. The molecule has 3 N–H and O–H groups in total. The Morgan fingerprint density at radius 3 is 2.44 bits per heavy atom. The maximum Gasteiger partial charge on any atom is 0.573 e. The van der Waals surface area contributed by atoms with Gasteiger partial charge in [-0.1, -0.05) is 0 Å². The van der Waals surface area contributed by atoms with Crippen molar-refractivity contribution in [3.8, 4) is 11.5 Å². The zero-order chi connectivity index (χ0) is 13.1. The summed E-state index contributed by atoms with van der Waals surface area (Å²) in [7, 11) is 1.35. The summed E-state index contributed by atoms with van der Waals surface area (Å²) in [5.41, 5.74) is 5.78. The summed E-state index contributed by atoms with van der Waals surface area (Å²) in [5.74, 6) is -0.113. The second kappa shape index (κ2) is 6.67. The second-order valence-electron chi connectivity index (χ2n) is 3.24. The predicted molar refractivity (Wildman–Crippen MR) is 60.9 cm³/mol. The molecule has 0 heterocycles. The van der Waals surface area contributed by atoms with Crippen molar-refractivity contribution >= 4 is 12.4 Å². The van der Waals surface area contributed by atoms with Crippen LogP contribution in [-0.4, -0.2) is 25.2 Å². The van der Waals surface area contributed by atoms with E-state index in [4.69, 9.17) is 15.6 Å². The summed E-state index contributed by atoms with van der Waals surface area (Å²) in [6.45, 7) is -0.411. The molecule has 0 aliphatic heterocycles. The average Bonchev–Trinajstić information content (AvgIpc) is 2.25. The van der Waals surface area contributed by atoms with E-state index in [1.807, 2.05) is 0 Å². The lowest BCUT2D eigenvalue weighted by Gasteiger charge is -2.16. The van der Waals surface area contributed by atoms with E-state index >= 15 is 0 Å². The van der Waals surface area contributed by atoms with E-state index in [-0.39, 0.29) is 18.0 Å². The first-order chi connectivity index (χ1) is 7.87. The standard InChI is InChI=1S/C10H12F3NO3.ClH/c1-16-9-3-2-6(17-10(11,12)13)4-7(9)8(14)5-15;/h2-4,8,15H,5,14H2,1H3;1H/t8-;/m0./s1. The van der Waals surface area contributed by atoms with Gasteiger partial charge in [0.15, 0.2) is 0 Å². The highest BCUT2D eigenvalue weighted by atomic mass is 35.5. The minimum absolute atomic E-state index is 0. The second-order valence-corrected chi connectivity index (χ2v) is 3.24. The number of nitrogens with two attached hydrogens (primary N) is 1. The van der Waals surface area contributed by atoms with Crippen molar-refractivity contribution < 1.29 is 27.8 Å². The molecule has 1 atom stereocenters. The molecule has 18 heavy (non-hydrogen) atoms. The third-order valence-electron chi connectivity index (χ3n) is 2.03. The molecule has 8 heteroatoms. The van der Waals surface area contributed by atoms with Gasteiger partial charge in [-0.3, -0.25) is 0 Å². The Kier molecular flexibility index (Phi) is 6.23. The first-order valence-corrected chi connectivity index (χ1v) is 4.67. The van der Waals surface area contributed by atoms with Gasteiger partial charge in [-0.15, -0.1) is 25.6 Å². The number of hydrogen-bond acceptors (Lipinski definition) is 4. The van der Waals surface area contributed by atoms with Crippen LogP contribution in [0.4, 0.5) is 13.2 Å². The lowest BCUT2D eigenvalue weighted by molar-refractivity contribution is -0.274. The number of ether oxygens (including phenoxy) is 2. The van der Waals surface area contributed by atoms with E-state index in [1.165, 1.54) is 13.2 Å². The van der Waals surface area contributed by atoms with Gasteiger partial charge >= 0.3 is 6.36 Å². The average molecular weight is 288 g/mol. The van der Waals surface area contributed by atoms with Gasteiger partial charge < -0.3 is 20.3 Å². The number of halogens is 4. The van der Waals surface area contributed by atoms with Crippen molar-refractivity contribution in [1.29, 1.82) is 0 Å². The molecule has 1 aromatic carbocycles. The van der Waals surface area contributed by atoms with E-state index in [9.17, 15) is 13.2 Å². The molecule has 104 valence electrons. The molecule has 0 aliphatic carbocycles. The predicted octanol–water partition coefficient (Wildman–Crippen LogP) is 2.01. The molecular formula is C10H13ClF3NO3. The van der Waals surface area contributed by atoms with Gasteiger partial charge in [0.25, 0.3) is 0 Å². The lowest BCUT2D eigenvalue weighted by Crippen LogP contribution is -2.19. The Labute approximate surface area is 108 Å². The molecular weight excluding hydrogens is 275 g/mol. The molecule has 0 fully saturated rings. The van der Waals surface area contributed by atoms with Crippen LogP contribution in [-0.2, 0) is 0 Å². The largest absolute Gasteiger partial charge is 0.573 e. The highest BCUT2D eigenvalue weighted by Crippen LogP contribution is 2.31. The van der Waals surface area contributed by atoms with Gasteiger partial charge in [0, 0.05) is 5.56 Å². The van der Waals surface area contributed by atoms with Crippen molar-refractivity contribution in [2.45, 2.75) is 12.4 Å². The summed E-state index contributed by atoms with van der Waals surface area (Å²) >= 11 is 0. The fraction of sp³-hybridized carbons (Fsp3) is 0.400. The molecule has 1 aromatic rings. The molecule has 0 unspecified atom stereocenters. The number of aliphatic hydroxyl groups is 1.